The Balaban J connectivity index is 2.30. The maximum atomic E-state index is 11.8. The number of carbonyl (C=O) groups excluding carboxylic acids is 1. The van der Waals surface area contributed by atoms with Crippen molar-refractivity contribution >= 4 is 29.3 Å². The second kappa shape index (κ2) is 6.57. The molecule has 1 heterocycles. The van der Waals surface area contributed by atoms with Crippen molar-refractivity contribution < 1.29 is 4.79 Å². The van der Waals surface area contributed by atoms with Gasteiger partial charge in [0, 0.05) is 23.2 Å². The van der Waals surface area contributed by atoms with Gasteiger partial charge in [0.25, 0.3) is 0 Å². The van der Waals surface area contributed by atoms with Crippen LogP contribution in [0.5, 0.6) is 0 Å². The first-order chi connectivity index (χ1) is 6.75. The highest BCUT2D eigenvalue weighted by Gasteiger charge is 2.27. The Hall–Kier alpha value is 0.110. The maximum absolute atomic E-state index is 11.8. The molecule has 3 heteroatoms. The highest BCUT2D eigenvalue weighted by atomic mass is 32.2. The Morgan fingerprint density at radius 1 is 1.50 bits per heavy atom. The standard InChI is InChI=1S/C11H18OS2/c1-3-4-5-6-10(12)11-9(2)13-7-8-14-11/h3,9,11H,1,4-8H2,2H3. The minimum Gasteiger partial charge on any atom is -0.298 e. The van der Waals surface area contributed by atoms with Crippen molar-refractivity contribution in [3.8, 4) is 0 Å². The highest BCUT2D eigenvalue weighted by Crippen LogP contribution is 2.32. The predicted molar refractivity (Wildman–Crippen MR) is 67.2 cm³/mol. The zero-order valence-corrected chi connectivity index (χ0v) is 10.3. The largest absolute Gasteiger partial charge is 0.298 e. The van der Waals surface area contributed by atoms with Gasteiger partial charge >= 0.3 is 0 Å². The Kier molecular flexibility index (Phi) is 5.71. The van der Waals surface area contributed by atoms with E-state index in [-0.39, 0.29) is 5.25 Å². The van der Waals surface area contributed by atoms with Gasteiger partial charge in [-0.1, -0.05) is 13.0 Å². The summed E-state index contributed by atoms with van der Waals surface area (Å²) in [5.41, 5.74) is 0. The van der Waals surface area contributed by atoms with Gasteiger partial charge in [-0.25, -0.2) is 0 Å². The van der Waals surface area contributed by atoms with Crippen molar-refractivity contribution in [1.82, 2.24) is 0 Å². The quantitative estimate of drug-likeness (QED) is 0.533. The first-order valence-electron chi connectivity index (χ1n) is 5.12. The molecule has 2 atom stereocenters. The molecule has 1 fully saturated rings. The average Bonchev–Trinajstić information content (AvgIpc) is 2.18. The Morgan fingerprint density at radius 2 is 2.21 bits per heavy atom. The average molecular weight is 230 g/mol. The number of hydrogen-bond acceptors (Lipinski definition) is 3. The summed E-state index contributed by atoms with van der Waals surface area (Å²) in [6.07, 6.45) is 4.55. The lowest BCUT2D eigenvalue weighted by Crippen LogP contribution is -2.30. The van der Waals surface area contributed by atoms with Crippen molar-refractivity contribution in [2.75, 3.05) is 11.5 Å². The second-order valence-corrected chi connectivity index (χ2v) is 6.25. The molecule has 1 saturated heterocycles. The predicted octanol–water partition coefficient (Wildman–Crippen LogP) is 3.15. The van der Waals surface area contributed by atoms with Gasteiger partial charge in [-0.3, -0.25) is 4.79 Å². The molecule has 14 heavy (non-hydrogen) atoms. The third-order valence-electron chi connectivity index (χ3n) is 2.34. The van der Waals surface area contributed by atoms with Crippen LogP contribution < -0.4 is 0 Å². The molecule has 1 rings (SSSR count). The Morgan fingerprint density at radius 3 is 2.86 bits per heavy atom. The number of allylic oxidation sites excluding steroid dienone is 1. The van der Waals surface area contributed by atoms with Gasteiger partial charge in [0.05, 0.1) is 5.25 Å². The van der Waals surface area contributed by atoms with E-state index in [1.807, 2.05) is 29.6 Å². The van der Waals surface area contributed by atoms with Crippen LogP contribution in [0.4, 0.5) is 0 Å². The van der Waals surface area contributed by atoms with E-state index in [0.29, 0.717) is 11.0 Å². The number of rotatable bonds is 5. The fourth-order valence-electron chi connectivity index (χ4n) is 1.55. The Labute approximate surface area is 95.1 Å². The molecular formula is C11H18OS2. The normalized spacial score (nSPS) is 27.2. The van der Waals surface area contributed by atoms with Crippen LogP contribution in [-0.2, 0) is 4.79 Å². The summed E-state index contributed by atoms with van der Waals surface area (Å²) < 4.78 is 0. The zero-order valence-electron chi connectivity index (χ0n) is 8.70. The van der Waals surface area contributed by atoms with Crippen molar-refractivity contribution in [2.45, 2.75) is 36.7 Å². The number of unbranched alkanes of at least 4 members (excludes halogenated alkanes) is 1. The van der Waals surface area contributed by atoms with E-state index < -0.39 is 0 Å². The van der Waals surface area contributed by atoms with Gasteiger partial charge in [0.15, 0.2) is 0 Å². The molecule has 2 unspecified atom stereocenters. The molecule has 0 spiro atoms. The molecule has 0 amide bonds. The summed E-state index contributed by atoms with van der Waals surface area (Å²) >= 11 is 3.77. The zero-order chi connectivity index (χ0) is 10.4. The molecule has 0 N–H and O–H groups in total. The van der Waals surface area contributed by atoms with Crippen LogP contribution in [0.25, 0.3) is 0 Å². The van der Waals surface area contributed by atoms with Crippen molar-refractivity contribution in [1.29, 1.82) is 0 Å². The van der Waals surface area contributed by atoms with Gasteiger partial charge in [0.2, 0.25) is 0 Å². The lowest BCUT2D eigenvalue weighted by Gasteiger charge is -2.26. The lowest BCUT2D eigenvalue weighted by molar-refractivity contribution is -0.118. The summed E-state index contributed by atoms with van der Waals surface area (Å²) in [4.78, 5) is 11.8. The summed E-state index contributed by atoms with van der Waals surface area (Å²) in [5, 5.41) is 0.753. The molecule has 1 aliphatic heterocycles. The number of Topliss-reactive ketones (excluding diaryl/α,β-unsaturated/α-hetero) is 1. The van der Waals surface area contributed by atoms with Crippen LogP contribution >= 0.6 is 23.5 Å². The monoisotopic (exact) mass is 230 g/mol. The highest BCUT2D eigenvalue weighted by molar-refractivity contribution is 8.07. The van der Waals surface area contributed by atoms with E-state index in [2.05, 4.69) is 13.5 Å². The number of ketones is 1. The first-order valence-corrected chi connectivity index (χ1v) is 7.22. The first kappa shape index (κ1) is 12.2. The van der Waals surface area contributed by atoms with Gasteiger partial charge in [-0.2, -0.15) is 11.8 Å². The van der Waals surface area contributed by atoms with E-state index in [0.717, 1.165) is 25.0 Å². The fourth-order valence-corrected chi connectivity index (χ4v) is 4.32. The van der Waals surface area contributed by atoms with E-state index in [9.17, 15) is 4.79 Å². The molecule has 0 saturated carbocycles. The van der Waals surface area contributed by atoms with Crippen LogP contribution in [0.15, 0.2) is 12.7 Å². The van der Waals surface area contributed by atoms with Crippen LogP contribution in [0.2, 0.25) is 0 Å². The van der Waals surface area contributed by atoms with E-state index in [1.54, 1.807) is 0 Å². The molecule has 1 nitrogen and oxygen atoms in total. The molecule has 0 aromatic carbocycles. The smallest absolute Gasteiger partial charge is 0.146 e. The van der Waals surface area contributed by atoms with Gasteiger partial charge in [-0.05, 0) is 12.8 Å². The van der Waals surface area contributed by atoms with Crippen molar-refractivity contribution in [2.24, 2.45) is 0 Å². The molecule has 0 aliphatic carbocycles. The Bertz CT molecular complexity index is 203. The van der Waals surface area contributed by atoms with E-state index >= 15 is 0 Å². The summed E-state index contributed by atoms with van der Waals surface area (Å²) in [7, 11) is 0. The maximum Gasteiger partial charge on any atom is 0.146 e. The summed E-state index contributed by atoms with van der Waals surface area (Å²) in [5.74, 6) is 2.77. The molecular weight excluding hydrogens is 212 g/mol. The van der Waals surface area contributed by atoms with Crippen LogP contribution in [0, 0.1) is 0 Å². The number of hydrogen-bond donors (Lipinski definition) is 0. The van der Waals surface area contributed by atoms with Crippen molar-refractivity contribution in [3.05, 3.63) is 12.7 Å². The third kappa shape index (κ3) is 3.70. The molecule has 1 aliphatic rings. The molecule has 0 aromatic heterocycles. The molecule has 0 radical (unpaired) electrons. The summed E-state index contributed by atoms with van der Waals surface area (Å²) in [6, 6.07) is 0. The molecule has 0 aromatic rings. The molecule has 0 bridgehead atoms. The van der Waals surface area contributed by atoms with Gasteiger partial charge in [-0.15, -0.1) is 18.3 Å². The van der Waals surface area contributed by atoms with E-state index in [4.69, 9.17) is 0 Å². The topological polar surface area (TPSA) is 17.1 Å². The van der Waals surface area contributed by atoms with Crippen LogP contribution in [0.3, 0.4) is 0 Å². The fraction of sp³-hybridized carbons (Fsp3) is 0.727. The van der Waals surface area contributed by atoms with Crippen LogP contribution in [-0.4, -0.2) is 27.8 Å². The van der Waals surface area contributed by atoms with Crippen LogP contribution in [0.1, 0.15) is 26.2 Å². The molecule has 80 valence electrons. The number of carbonyl (C=O) groups is 1. The summed E-state index contributed by atoms with van der Waals surface area (Å²) in [6.45, 7) is 5.84. The van der Waals surface area contributed by atoms with Gasteiger partial charge < -0.3 is 0 Å². The second-order valence-electron chi connectivity index (χ2n) is 3.51. The lowest BCUT2D eigenvalue weighted by atomic mass is 10.1. The third-order valence-corrected chi connectivity index (χ3v) is 5.48. The SMILES string of the molecule is C=CCCCC(=O)C1SCCSC1C. The minimum atomic E-state index is 0.249. The number of thioether (sulfide) groups is 2. The minimum absolute atomic E-state index is 0.249. The van der Waals surface area contributed by atoms with E-state index in [1.165, 1.54) is 5.75 Å². The van der Waals surface area contributed by atoms with Gasteiger partial charge in [0.1, 0.15) is 5.78 Å². The van der Waals surface area contributed by atoms with Crippen molar-refractivity contribution in [3.63, 3.8) is 0 Å².